The van der Waals surface area contributed by atoms with E-state index in [1.54, 1.807) is 0 Å². The van der Waals surface area contributed by atoms with Crippen molar-refractivity contribution >= 4 is 63.1 Å². The lowest BCUT2D eigenvalue weighted by atomic mass is 10.3. The second-order valence-electron chi connectivity index (χ2n) is 7.75. The molecule has 5 radical (unpaired) electrons. The highest BCUT2D eigenvalue weighted by Gasteiger charge is 2.05. The number of hydrogen-bond acceptors (Lipinski definition) is 0. The summed E-state index contributed by atoms with van der Waals surface area (Å²) in [6, 6.07) is 17.7. The van der Waals surface area contributed by atoms with Gasteiger partial charge in [0.2, 0.25) is 0 Å². The van der Waals surface area contributed by atoms with Crippen LogP contribution >= 0.6 is 63.1 Å². The zero-order valence-electron chi connectivity index (χ0n) is 24.0. The predicted octanol–water partition coefficient (Wildman–Crippen LogP) is 13.4. The van der Waals surface area contributed by atoms with Crippen LogP contribution in [0.3, 0.4) is 0 Å². The van der Waals surface area contributed by atoms with Crippen LogP contribution in [-0.4, -0.2) is 0 Å². The van der Waals surface area contributed by atoms with Gasteiger partial charge in [-0.2, -0.15) is 0 Å². The molecule has 0 saturated heterocycles. The average molecular weight is 826 g/mol. The Kier molecular flexibility index (Phi) is 31.0. The standard InChI is InChI=1S/5C6H3F2S.5FH/c5*7-4-2-1-3-5(8)6(4)9;;;;;/h5*1-3H;5*1H. The molecule has 0 aliphatic rings. The molecule has 0 fully saturated rings. The van der Waals surface area contributed by atoms with Gasteiger partial charge in [0, 0.05) is 0 Å². The Bertz CT molecular complexity index is 1310. The van der Waals surface area contributed by atoms with E-state index in [1.165, 1.54) is 30.3 Å². The third-order valence-electron chi connectivity index (χ3n) is 4.59. The van der Waals surface area contributed by atoms with Crippen molar-refractivity contribution in [3.8, 4) is 0 Å². The zero-order valence-corrected chi connectivity index (χ0v) is 28.1. The van der Waals surface area contributed by atoms with Crippen LogP contribution in [0.1, 0.15) is 0 Å². The van der Waals surface area contributed by atoms with Gasteiger partial charge in [-0.1, -0.05) is 93.5 Å². The molecule has 5 aromatic carbocycles. The predicted molar refractivity (Wildman–Crippen MR) is 174 cm³/mol. The van der Waals surface area contributed by atoms with Crippen LogP contribution in [0, 0.1) is 58.2 Å². The highest BCUT2D eigenvalue weighted by atomic mass is 32.1. The molecule has 5 rings (SSSR count). The van der Waals surface area contributed by atoms with Crippen LogP contribution in [0.15, 0.2) is 115 Å². The second-order valence-corrected chi connectivity index (χ2v) is 9.80. The molecule has 20 heteroatoms. The molecule has 0 heterocycles. The Balaban J connectivity index is -0.000000165. The van der Waals surface area contributed by atoms with Crippen molar-refractivity contribution in [3.05, 3.63) is 149 Å². The van der Waals surface area contributed by atoms with E-state index in [4.69, 9.17) is 0 Å². The third kappa shape index (κ3) is 18.8. The summed E-state index contributed by atoms with van der Waals surface area (Å²) in [5.74, 6) is -6.76. The molecule has 0 atom stereocenters. The molecule has 0 spiro atoms. The summed E-state index contributed by atoms with van der Waals surface area (Å²) in [6.45, 7) is 0. The topological polar surface area (TPSA) is 0 Å². The first-order valence-electron chi connectivity index (χ1n) is 11.6. The maximum Gasteiger partial charge on any atom is 0.144 e. The average Bonchev–Trinajstić information content (AvgIpc) is 3.00. The van der Waals surface area contributed by atoms with Gasteiger partial charge in [0.05, 0.1) is 0 Å². The summed E-state index contributed by atoms with van der Waals surface area (Å²) in [6.07, 6.45) is 0. The first kappa shape index (κ1) is 55.6. The normalized spacial score (nSPS) is 8.60. The van der Waals surface area contributed by atoms with E-state index in [1.807, 2.05) is 0 Å². The van der Waals surface area contributed by atoms with Crippen LogP contribution in [-0.2, 0) is 0 Å². The Morgan fingerprint density at radius 3 is 0.360 bits per heavy atom. The molecule has 0 unspecified atom stereocenters. The first-order valence-corrected chi connectivity index (χ1v) is 13.7. The van der Waals surface area contributed by atoms with Crippen molar-refractivity contribution in [2.75, 3.05) is 0 Å². The minimum atomic E-state index is -0.676. The van der Waals surface area contributed by atoms with Crippen molar-refractivity contribution in [1.82, 2.24) is 0 Å². The van der Waals surface area contributed by atoms with Gasteiger partial charge < -0.3 is 0 Å². The van der Waals surface area contributed by atoms with E-state index >= 15 is 0 Å². The molecule has 5 aromatic rings. The summed E-state index contributed by atoms with van der Waals surface area (Å²) in [4.78, 5) is -1.68. The Labute approximate surface area is 303 Å². The van der Waals surface area contributed by atoms with Crippen LogP contribution in [0.25, 0.3) is 0 Å². The largest absolute Gasteiger partial charge is 0.269 e. The SMILES string of the molecule is F.F.F.F.F.Fc1cccc(F)c1[S].Fc1cccc(F)c1[S].Fc1cccc(F)c1[S].Fc1cccc(F)c1[S].Fc1cccc(F)c1[S]. The maximum absolute atomic E-state index is 12.2. The molecule has 0 aromatic heterocycles. The van der Waals surface area contributed by atoms with Gasteiger partial charge >= 0.3 is 0 Å². The van der Waals surface area contributed by atoms with E-state index in [0.717, 1.165) is 60.7 Å². The monoisotopic (exact) mass is 825 g/mol. The summed E-state index contributed by atoms with van der Waals surface area (Å²) in [7, 11) is 0. The lowest BCUT2D eigenvalue weighted by molar-refractivity contribution is 0.541. The molecule has 275 valence electrons. The fourth-order valence-corrected chi connectivity index (χ4v) is 3.09. The summed E-state index contributed by atoms with van der Waals surface area (Å²) in [5, 5.41) is 0. The van der Waals surface area contributed by atoms with Gasteiger partial charge in [0.25, 0.3) is 0 Å². The lowest BCUT2D eigenvalue weighted by Gasteiger charge is -1.91. The lowest BCUT2D eigenvalue weighted by Crippen LogP contribution is -1.81. The number of halogens is 15. The Morgan fingerprint density at radius 2 is 0.300 bits per heavy atom. The van der Waals surface area contributed by atoms with Crippen molar-refractivity contribution in [2.45, 2.75) is 24.5 Å². The molecule has 0 bridgehead atoms. The van der Waals surface area contributed by atoms with Crippen molar-refractivity contribution < 1.29 is 67.4 Å². The van der Waals surface area contributed by atoms with E-state index in [2.05, 4.69) is 63.1 Å². The van der Waals surface area contributed by atoms with Gasteiger partial charge in [0.1, 0.15) is 82.6 Å². The van der Waals surface area contributed by atoms with Crippen molar-refractivity contribution in [2.24, 2.45) is 0 Å². The van der Waals surface area contributed by atoms with Crippen LogP contribution in [0.5, 0.6) is 0 Å². The van der Waals surface area contributed by atoms with Gasteiger partial charge in [0.15, 0.2) is 0 Å². The quantitative estimate of drug-likeness (QED) is 0.136. The van der Waals surface area contributed by atoms with Gasteiger partial charge in [-0.3, -0.25) is 23.5 Å². The van der Waals surface area contributed by atoms with E-state index in [0.29, 0.717) is 0 Å². The molecule has 50 heavy (non-hydrogen) atoms. The number of benzene rings is 5. The van der Waals surface area contributed by atoms with E-state index in [-0.39, 0.29) is 48.0 Å². The van der Waals surface area contributed by atoms with E-state index < -0.39 is 58.2 Å². The second kappa shape index (κ2) is 27.9. The fraction of sp³-hybridized carbons (Fsp3) is 0. The highest BCUT2D eigenvalue weighted by molar-refractivity contribution is 7.81. The Hall–Kier alpha value is -3.85. The van der Waals surface area contributed by atoms with Crippen molar-refractivity contribution in [1.29, 1.82) is 0 Å². The van der Waals surface area contributed by atoms with E-state index in [9.17, 15) is 43.9 Å². The Morgan fingerprint density at radius 1 is 0.220 bits per heavy atom. The zero-order chi connectivity index (χ0) is 34.3. The number of hydrogen-bond donors (Lipinski definition) is 0. The molecular formula is C30H20F15S5. The third-order valence-corrected chi connectivity index (χ3v) is 6.54. The van der Waals surface area contributed by atoms with Gasteiger partial charge in [-0.15, -0.1) is 0 Å². The summed E-state index contributed by atoms with van der Waals surface area (Å²) >= 11 is 21.7. The van der Waals surface area contributed by atoms with Crippen LogP contribution in [0.2, 0.25) is 0 Å². The first-order chi connectivity index (χ1) is 21.1. The molecule has 0 nitrogen and oxygen atoms in total. The summed E-state index contributed by atoms with van der Waals surface area (Å²) < 4.78 is 122. The van der Waals surface area contributed by atoms with Crippen LogP contribution in [0.4, 0.5) is 67.4 Å². The number of rotatable bonds is 0. The van der Waals surface area contributed by atoms with Gasteiger partial charge in [-0.05, 0) is 60.7 Å². The van der Waals surface area contributed by atoms with Crippen LogP contribution < -0.4 is 0 Å². The minimum Gasteiger partial charge on any atom is -0.269 e. The molecule has 0 aliphatic carbocycles. The smallest absolute Gasteiger partial charge is 0.144 e. The molecular weight excluding hydrogens is 806 g/mol. The fourth-order valence-electron chi connectivity index (χ4n) is 2.41. The summed E-state index contributed by atoms with van der Waals surface area (Å²) in [5.41, 5.74) is 0. The molecule has 0 amide bonds. The molecule has 0 aliphatic heterocycles. The minimum absolute atomic E-state index is 0. The molecule has 0 saturated carbocycles. The maximum atomic E-state index is 12.2. The van der Waals surface area contributed by atoms with Gasteiger partial charge in [-0.25, -0.2) is 43.9 Å². The van der Waals surface area contributed by atoms with Crippen molar-refractivity contribution in [3.63, 3.8) is 0 Å². The highest BCUT2D eigenvalue weighted by Crippen LogP contribution is 2.18. The molecule has 0 N–H and O–H groups in total.